The molecule has 3 N–H and O–H groups in total. The minimum Gasteiger partial charge on any atom is -0.370 e. The fourth-order valence-electron chi connectivity index (χ4n) is 2.53. The van der Waals surface area contributed by atoms with Gasteiger partial charge in [-0.15, -0.1) is 0 Å². The first-order valence-corrected chi connectivity index (χ1v) is 7.37. The first kappa shape index (κ1) is 13.9. The van der Waals surface area contributed by atoms with Crippen LogP contribution >= 0.6 is 0 Å². The zero-order valence-electron chi connectivity index (χ0n) is 11.6. The number of nitrogens with one attached hydrogen (secondary N) is 1. The molecular formula is C14H25N5. The van der Waals surface area contributed by atoms with Crippen molar-refractivity contribution in [2.45, 2.75) is 57.5 Å². The first-order valence-electron chi connectivity index (χ1n) is 7.37. The maximum Gasteiger partial charge on any atom is 0.188 e. The lowest BCUT2D eigenvalue weighted by Crippen LogP contribution is -2.41. The highest BCUT2D eigenvalue weighted by Gasteiger charge is 2.12. The van der Waals surface area contributed by atoms with Gasteiger partial charge in [0.1, 0.15) is 0 Å². The van der Waals surface area contributed by atoms with Gasteiger partial charge in [0, 0.05) is 31.5 Å². The molecule has 1 aliphatic carbocycles. The van der Waals surface area contributed by atoms with Crippen LogP contribution in [0, 0.1) is 0 Å². The van der Waals surface area contributed by atoms with E-state index in [1.54, 1.807) is 0 Å². The van der Waals surface area contributed by atoms with Gasteiger partial charge in [-0.3, -0.25) is 4.99 Å². The normalized spacial score (nSPS) is 17.6. The Kier molecular flexibility index (Phi) is 5.72. The van der Waals surface area contributed by atoms with Gasteiger partial charge in [0.05, 0.1) is 6.33 Å². The Bertz CT molecular complexity index is 365. The lowest BCUT2D eigenvalue weighted by atomic mass is 9.96. The van der Waals surface area contributed by atoms with Crippen molar-refractivity contribution in [3.63, 3.8) is 0 Å². The summed E-state index contributed by atoms with van der Waals surface area (Å²) in [6.45, 7) is 1.81. The predicted octanol–water partition coefficient (Wildman–Crippen LogP) is 1.90. The predicted molar refractivity (Wildman–Crippen MR) is 78.0 cm³/mol. The molecule has 1 fully saturated rings. The summed E-state index contributed by atoms with van der Waals surface area (Å²) in [6, 6.07) is 0.545. The van der Waals surface area contributed by atoms with Crippen LogP contribution in [0.1, 0.15) is 44.9 Å². The third-order valence-electron chi connectivity index (χ3n) is 3.62. The van der Waals surface area contributed by atoms with Crippen molar-refractivity contribution in [3.05, 3.63) is 18.7 Å². The molecule has 0 spiro atoms. The van der Waals surface area contributed by atoms with E-state index >= 15 is 0 Å². The standard InChI is InChI=1S/C14H25N5/c15-14(18-13-6-2-1-3-7-13)17-8-4-5-10-19-11-9-16-12-19/h9,11-13H,1-8,10H2,(H3,15,17,18). The van der Waals surface area contributed by atoms with Gasteiger partial charge in [0.15, 0.2) is 5.96 Å². The van der Waals surface area contributed by atoms with Crippen LogP contribution in [0.5, 0.6) is 0 Å². The highest BCUT2D eigenvalue weighted by molar-refractivity contribution is 5.78. The van der Waals surface area contributed by atoms with E-state index < -0.39 is 0 Å². The van der Waals surface area contributed by atoms with Crippen molar-refractivity contribution in [3.8, 4) is 0 Å². The van der Waals surface area contributed by atoms with E-state index in [0.717, 1.165) is 25.9 Å². The molecular weight excluding hydrogens is 238 g/mol. The number of nitrogens with zero attached hydrogens (tertiary/aromatic N) is 3. The van der Waals surface area contributed by atoms with Gasteiger partial charge in [-0.1, -0.05) is 19.3 Å². The molecule has 0 aliphatic heterocycles. The third-order valence-corrected chi connectivity index (χ3v) is 3.62. The maximum absolute atomic E-state index is 5.91. The molecule has 1 heterocycles. The zero-order valence-corrected chi connectivity index (χ0v) is 11.6. The van der Waals surface area contributed by atoms with Crippen LogP contribution in [0.15, 0.2) is 23.7 Å². The van der Waals surface area contributed by atoms with Crippen LogP contribution in [0.4, 0.5) is 0 Å². The van der Waals surface area contributed by atoms with E-state index in [1.165, 1.54) is 32.1 Å². The van der Waals surface area contributed by atoms with E-state index in [1.807, 2.05) is 18.7 Å². The summed E-state index contributed by atoms with van der Waals surface area (Å²) in [5, 5.41) is 3.34. The highest BCUT2D eigenvalue weighted by atomic mass is 15.1. The largest absolute Gasteiger partial charge is 0.370 e. The van der Waals surface area contributed by atoms with Crippen molar-refractivity contribution in [1.82, 2.24) is 14.9 Å². The van der Waals surface area contributed by atoms with Crippen molar-refractivity contribution in [2.24, 2.45) is 10.7 Å². The van der Waals surface area contributed by atoms with E-state index in [4.69, 9.17) is 5.73 Å². The van der Waals surface area contributed by atoms with Crippen LogP contribution in [0.25, 0.3) is 0 Å². The number of hydrogen-bond donors (Lipinski definition) is 2. The molecule has 1 saturated carbocycles. The molecule has 1 aromatic heterocycles. The maximum atomic E-state index is 5.91. The fraction of sp³-hybridized carbons (Fsp3) is 0.714. The minimum absolute atomic E-state index is 0.545. The van der Waals surface area contributed by atoms with E-state index in [2.05, 4.69) is 19.9 Å². The Balaban J connectivity index is 1.56. The molecule has 0 radical (unpaired) electrons. The van der Waals surface area contributed by atoms with E-state index in [0.29, 0.717) is 12.0 Å². The summed E-state index contributed by atoms with van der Waals surface area (Å²) in [6.07, 6.45) is 14.3. The summed E-state index contributed by atoms with van der Waals surface area (Å²) in [5.74, 6) is 0.620. The molecule has 19 heavy (non-hydrogen) atoms. The van der Waals surface area contributed by atoms with Crippen molar-refractivity contribution < 1.29 is 0 Å². The average Bonchev–Trinajstić information content (AvgIpc) is 2.92. The Morgan fingerprint density at radius 1 is 1.32 bits per heavy atom. The second-order valence-electron chi connectivity index (χ2n) is 5.25. The average molecular weight is 263 g/mol. The second-order valence-corrected chi connectivity index (χ2v) is 5.25. The minimum atomic E-state index is 0.545. The molecule has 0 bridgehead atoms. The molecule has 2 rings (SSSR count). The van der Waals surface area contributed by atoms with Gasteiger partial charge in [-0.25, -0.2) is 4.98 Å². The molecule has 1 aromatic rings. The lowest BCUT2D eigenvalue weighted by molar-refractivity contribution is 0.412. The summed E-state index contributed by atoms with van der Waals surface area (Å²) in [4.78, 5) is 8.42. The Morgan fingerprint density at radius 2 is 2.16 bits per heavy atom. The molecule has 1 aliphatic rings. The highest BCUT2D eigenvalue weighted by Crippen LogP contribution is 2.16. The second kappa shape index (κ2) is 7.81. The summed E-state index contributed by atoms with van der Waals surface area (Å²) >= 11 is 0. The molecule has 5 nitrogen and oxygen atoms in total. The number of hydrogen-bond acceptors (Lipinski definition) is 2. The molecule has 0 amide bonds. The molecule has 106 valence electrons. The number of guanidine groups is 1. The number of aryl methyl sites for hydroxylation is 1. The Morgan fingerprint density at radius 3 is 2.89 bits per heavy atom. The number of imidazole rings is 1. The number of unbranched alkanes of at least 4 members (excludes halogenated alkanes) is 1. The Labute approximate surface area is 115 Å². The zero-order chi connectivity index (χ0) is 13.3. The quantitative estimate of drug-likeness (QED) is 0.468. The Hall–Kier alpha value is -1.52. The van der Waals surface area contributed by atoms with E-state index in [-0.39, 0.29) is 0 Å². The monoisotopic (exact) mass is 263 g/mol. The van der Waals surface area contributed by atoms with E-state index in [9.17, 15) is 0 Å². The summed E-state index contributed by atoms with van der Waals surface area (Å²) in [5.41, 5.74) is 5.91. The van der Waals surface area contributed by atoms with Gasteiger partial charge in [-0.2, -0.15) is 0 Å². The lowest BCUT2D eigenvalue weighted by Gasteiger charge is -2.23. The van der Waals surface area contributed by atoms with Gasteiger partial charge in [-0.05, 0) is 25.7 Å². The smallest absolute Gasteiger partial charge is 0.188 e. The molecule has 0 unspecified atom stereocenters. The third kappa shape index (κ3) is 5.32. The number of nitrogens with two attached hydrogens (primary N) is 1. The van der Waals surface area contributed by atoms with Crippen LogP contribution in [0.2, 0.25) is 0 Å². The van der Waals surface area contributed by atoms with Crippen LogP contribution < -0.4 is 11.1 Å². The van der Waals surface area contributed by atoms with Crippen LogP contribution in [0.3, 0.4) is 0 Å². The van der Waals surface area contributed by atoms with Gasteiger partial charge >= 0.3 is 0 Å². The first-order chi connectivity index (χ1) is 9.34. The van der Waals surface area contributed by atoms with Crippen molar-refractivity contribution in [1.29, 1.82) is 0 Å². The van der Waals surface area contributed by atoms with Crippen LogP contribution in [-0.4, -0.2) is 28.1 Å². The summed E-state index contributed by atoms with van der Waals surface area (Å²) in [7, 11) is 0. The molecule has 0 saturated heterocycles. The van der Waals surface area contributed by atoms with Gasteiger partial charge in [0.2, 0.25) is 0 Å². The van der Waals surface area contributed by atoms with Crippen molar-refractivity contribution in [2.75, 3.05) is 6.54 Å². The van der Waals surface area contributed by atoms with Gasteiger partial charge in [0.25, 0.3) is 0 Å². The number of aliphatic imine (C=N–C) groups is 1. The topological polar surface area (TPSA) is 68.2 Å². The molecule has 0 atom stereocenters. The summed E-state index contributed by atoms with van der Waals surface area (Å²) < 4.78 is 2.09. The molecule has 0 aromatic carbocycles. The molecule has 5 heteroatoms. The fourth-order valence-corrected chi connectivity index (χ4v) is 2.53. The van der Waals surface area contributed by atoms with Gasteiger partial charge < -0.3 is 15.6 Å². The van der Waals surface area contributed by atoms with Crippen molar-refractivity contribution >= 4 is 5.96 Å². The number of aromatic nitrogens is 2. The van der Waals surface area contributed by atoms with Crippen LogP contribution in [-0.2, 0) is 6.54 Å². The SMILES string of the molecule is NC(=NCCCCn1ccnc1)NC1CCCCC1. The number of rotatable bonds is 6.